The minimum Gasteiger partial charge on any atom is -0.290 e. The summed E-state index contributed by atoms with van der Waals surface area (Å²) in [4.78, 5) is 15.5. The van der Waals surface area contributed by atoms with Gasteiger partial charge in [-0.2, -0.15) is 5.10 Å². The molecule has 23 heavy (non-hydrogen) atoms. The first-order chi connectivity index (χ1) is 11.1. The number of hydrazone groups is 1. The van der Waals surface area contributed by atoms with E-state index < -0.39 is 0 Å². The number of hydrogen-bond donors (Lipinski definition) is 1. The minimum atomic E-state index is -0.150. The third kappa shape index (κ3) is 4.12. The maximum Gasteiger partial charge on any atom is 0.254 e. The number of rotatable bonds is 4. The molecule has 3 rings (SSSR count). The van der Waals surface area contributed by atoms with Crippen LogP contribution in [0.1, 0.15) is 16.0 Å². The number of nitrogens with one attached hydrogen (secondary N) is 1. The summed E-state index contributed by atoms with van der Waals surface area (Å²) in [6.45, 7) is 2.02. The van der Waals surface area contributed by atoms with Crippen LogP contribution in [0.3, 0.4) is 0 Å². The molecule has 4 nitrogen and oxygen atoms in total. The van der Waals surface area contributed by atoms with Gasteiger partial charge in [0.15, 0.2) is 0 Å². The topological polar surface area (TPSA) is 44.7 Å². The van der Waals surface area contributed by atoms with Crippen molar-refractivity contribution in [3.05, 3.63) is 55.7 Å². The van der Waals surface area contributed by atoms with Crippen LogP contribution in [0.4, 0.5) is 0 Å². The van der Waals surface area contributed by atoms with Crippen LogP contribution in [0.2, 0.25) is 10.0 Å². The average Bonchev–Trinajstić information content (AvgIpc) is 2.98. The lowest BCUT2D eigenvalue weighted by atomic mass is 10.1. The second-order valence-corrected chi connectivity index (χ2v) is 7.07. The summed E-state index contributed by atoms with van der Waals surface area (Å²) in [6, 6.07) is 7.34. The van der Waals surface area contributed by atoms with E-state index >= 15 is 0 Å². The van der Waals surface area contributed by atoms with Crippen LogP contribution in [0, 0.1) is 0 Å². The third-order valence-corrected chi connectivity index (χ3v) is 5.32. The molecule has 0 spiro atoms. The zero-order valence-electron chi connectivity index (χ0n) is 12.3. The largest absolute Gasteiger partial charge is 0.290 e. The third-order valence-electron chi connectivity index (χ3n) is 3.64. The number of hydrogen-bond acceptors (Lipinski definition) is 4. The van der Waals surface area contributed by atoms with Gasteiger partial charge >= 0.3 is 0 Å². The SMILES string of the molecule is O=C(CN1CCc2sccc2C1)N/N=C/c1c(Cl)cccc1Cl. The molecule has 0 aliphatic carbocycles. The number of amides is 1. The van der Waals surface area contributed by atoms with Gasteiger partial charge in [0.2, 0.25) is 0 Å². The number of benzene rings is 1. The smallest absolute Gasteiger partial charge is 0.254 e. The first-order valence-corrected chi connectivity index (χ1v) is 8.80. The molecular formula is C16H15Cl2N3OS. The highest BCUT2D eigenvalue weighted by molar-refractivity contribution is 7.10. The van der Waals surface area contributed by atoms with E-state index in [1.165, 1.54) is 16.7 Å². The van der Waals surface area contributed by atoms with Crippen molar-refractivity contribution in [3.63, 3.8) is 0 Å². The Morgan fingerprint density at radius 3 is 2.91 bits per heavy atom. The fourth-order valence-corrected chi connectivity index (χ4v) is 3.87. The quantitative estimate of drug-likeness (QED) is 0.663. The number of nitrogens with zero attached hydrogens (tertiary/aromatic N) is 2. The molecular weight excluding hydrogens is 353 g/mol. The van der Waals surface area contributed by atoms with Crippen molar-refractivity contribution in [2.75, 3.05) is 13.1 Å². The van der Waals surface area contributed by atoms with Crippen molar-refractivity contribution >= 4 is 46.7 Å². The Kier molecular flexibility index (Phi) is 5.33. The maximum atomic E-state index is 12.0. The molecule has 1 aromatic heterocycles. The molecule has 0 unspecified atom stereocenters. The number of carbonyl (C=O) groups excluding carboxylic acids is 1. The Morgan fingerprint density at radius 2 is 2.13 bits per heavy atom. The molecule has 0 fully saturated rings. The van der Waals surface area contributed by atoms with Crippen LogP contribution in [0.15, 0.2) is 34.7 Å². The van der Waals surface area contributed by atoms with Crippen molar-refractivity contribution in [1.29, 1.82) is 0 Å². The highest BCUT2D eigenvalue weighted by Gasteiger charge is 2.18. The van der Waals surface area contributed by atoms with Crippen molar-refractivity contribution in [2.24, 2.45) is 5.10 Å². The van der Waals surface area contributed by atoms with Crippen LogP contribution in [-0.4, -0.2) is 30.1 Å². The summed E-state index contributed by atoms with van der Waals surface area (Å²) in [5.74, 6) is -0.150. The fraction of sp³-hybridized carbons (Fsp3) is 0.250. The van der Waals surface area contributed by atoms with Gasteiger partial charge in [-0.1, -0.05) is 29.3 Å². The van der Waals surface area contributed by atoms with Gasteiger partial charge in [0.1, 0.15) is 0 Å². The second-order valence-electron chi connectivity index (χ2n) is 5.26. The monoisotopic (exact) mass is 367 g/mol. The number of halogens is 2. The van der Waals surface area contributed by atoms with E-state index in [1.807, 2.05) is 0 Å². The molecule has 120 valence electrons. The fourth-order valence-electron chi connectivity index (χ4n) is 2.48. The van der Waals surface area contributed by atoms with E-state index in [4.69, 9.17) is 23.2 Å². The van der Waals surface area contributed by atoms with Crippen molar-refractivity contribution < 1.29 is 4.79 Å². The van der Waals surface area contributed by atoms with Gasteiger partial charge in [-0.15, -0.1) is 11.3 Å². The summed E-state index contributed by atoms with van der Waals surface area (Å²) in [5, 5.41) is 7.04. The highest BCUT2D eigenvalue weighted by atomic mass is 35.5. The summed E-state index contributed by atoms with van der Waals surface area (Å²) in [6.07, 6.45) is 2.47. The Labute approximate surface area is 148 Å². The molecule has 2 heterocycles. The molecule has 1 aliphatic heterocycles. The van der Waals surface area contributed by atoms with Crippen LogP contribution in [0.25, 0.3) is 0 Å². The minimum absolute atomic E-state index is 0.150. The second kappa shape index (κ2) is 7.45. The van der Waals surface area contributed by atoms with Gasteiger partial charge in [0.25, 0.3) is 5.91 Å². The van der Waals surface area contributed by atoms with E-state index in [-0.39, 0.29) is 5.91 Å². The lowest BCUT2D eigenvalue weighted by Gasteiger charge is -2.25. The van der Waals surface area contributed by atoms with E-state index in [2.05, 4.69) is 26.9 Å². The van der Waals surface area contributed by atoms with Crippen molar-refractivity contribution in [1.82, 2.24) is 10.3 Å². The molecule has 1 amide bonds. The Balaban J connectivity index is 1.53. The van der Waals surface area contributed by atoms with Gasteiger partial charge in [0, 0.05) is 23.5 Å². The van der Waals surface area contributed by atoms with E-state index in [9.17, 15) is 4.79 Å². The lowest BCUT2D eigenvalue weighted by molar-refractivity contribution is -0.122. The first-order valence-electron chi connectivity index (χ1n) is 7.17. The molecule has 0 saturated carbocycles. The standard InChI is InChI=1S/C16H15Cl2N3OS/c17-13-2-1-3-14(18)12(13)8-19-20-16(22)10-21-6-4-15-11(9-21)5-7-23-15/h1-3,5,7-8H,4,6,9-10H2,(H,20,22)/b19-8+. The summed E-state index contributed by atoms with van der Waals surface area (Å²) < 4.78 is 0. The van der Waals surface area contributed by atoms with Crippen LogP contribution in [-0.2, 0) is 17.8 Å². The molecule has 0 atom stereocenters. The van der Waals surface area contributed by atoms with E-state index in [1.54, 1.807) is 29.5 Å². The maximum absolute atomic E-state index is 12.0. The molecule has 0 saturated heterocycles. The molecule has 7 heteroatoms. The van der Waals surface area contributed by atoms with Crippen LogP contribution < -0.4 is 5.43 Å². The van der Waals surface area contributed by atoms with Crippen LogP contribution >= 0.6 is 34.5 Å². The Morgan fingerprint density at radius 1 is 1.35 bits per heavy atom. The molecule has 2 aromatic rings. The summed E-state index contributed by atoms with van der Waals surface area (Å²) >= 11 is 13.9. The normalized spacial score (nSPS) is 14.9. The lowest BCUT2D eigenvalue weighted by Crippen LogP contribution is -2.38. The van der Waals surface area contributed by atoms with Gasteiger partial charge < -0.3 is 0 Å². The molecule has 1 aliphatic rings. The van der Waals surface area contributed by atoms with E-state index in [0.717, 1.165) is 19.5 Å². The summed E-state index contributed by atoms with van der Waals surface area (Å²) in [7, 11) is 0. The predicted octanol–water partition coefficient (Wildman–Crippen LogP) is 3.56. The molecule has 0 bridgehead atoms. The zero-order chi connectivity index (χ0) is 16.2. The Hall–Kier alpha value is -1.40. The summed E-state index contributed by atoms with van der Waals surface area (Å²) in [5.41, 5.74) is 4.44. The van der Waals surface area contributed by atoms with Gasteiger partial charge in [-0.25, -0.2) is 5.43 Å². The molecule has 0 radical (unpaired) electrons. The highest BCUT2D eigenvalue weighted by Crippen LogP contribution is 2.24. The Bertz CT molecular complexity index is 724. The van der Waals surface area contributed by atoms with Crippen molar-refractivity contribution in [3.8, 4) is 0 Å². The van der Waals surface area contributed by atoms with Gasteiger partial charge in [-0.3, -0.25) is 9.69 Å². The first kappa shape index (κ1) is 16.5. The van der Waals surface area contributed by atoms with Crippen molar-refractivity contribution in [2.45, 2.75) is 13.0 Å². The van der Waals surface area contributed by atoms with Gasteiger partial charge in [0.05, 0.1) is 22.8 Å². The molecule has 1 N–H and O–H groups in total. The van der Waals surface area contributed by atoms with E-state index in [0.29, 0.717) is 22.2 Å². The van der Waals surface area contributed by atoms with Gasteiger partial charge in [-0.05, 0) is 35.6 Å². The average molecular weight is 368 g/mol. The number of fused-ring (bicyclic) bond motifs is 1. The number of carbonyl (C=O) groups is 1. The molecule has 1 aromatic carbocycles. The predicted molar refractivity (Wildman–Crippen MR) is 95.5 cm³/mol. The zero-order valence-corrected chi connectivity index (χ0v) is 14.6. The number of thiophene rings is 1. The van der Waals surface area contributed by atoms with Crippen LogP contribution in [0.5, 0.6) is 0 Å².